The van der Waals surface area contributed by atoms with Gasteiger partial charge in [0.1, 0.15) is 8.55 Å². The van der Waals surface area contributed by atoms with E-state index in [0.717, 1.165) is 50.5 Å². The first-order valence-corrected chi connectivity index (χ1v) is 9.79. The van der Waals surface area contributed by atoms with Crippen molar-refractivity contribution < 1.29 is 8.42 Å². The second-order valence-corrected chi connectivity index (χ2v) is 9.14. The van der Waals surface area contributed by atoms with E-state index in [1.807, 2.05) is 0 Å². The monoisotopic (exact) mass is 371 g/mol. The van der Waals surface area contributed by atoms with E-state index in [1.54, 1.807) is 0 Å². The Labute approximate surface area is 139 Å². The number of likely N-dealkylation sites (N-methyl/N-ethyl adjacent to an activating group) is 1. The molecule has 5 nitrogen and oxygen atoms in total. The van der Waals surface area contributed by atoms with E-state index >= 15 is 0 Å². The number of halogens is 2. The van der Waals surface area contributed by atoms with Crippen molar-refractivity contribution in [2.45, 2.75) is 10.6 Å². The highest BCUT2D eigenvalue weighted by atomic mass is 35.5. The molecule has 120 valence electrons. The quantitative estimate of drug-likeness (QED) is 0.776. The third kappa shape index (κ3) is 5.06. The molecule has 0 bridgehead atoms. The van der Waals surface area contributed by atoms with E-state index in [4.69, 9.17) is 23.2 Å². The van der Waals surface area contributed by atoms with Gasteiger partial charge in [-0.1, -0.05) is 23.2 Å². The Balaban J connectivity index is 1.75. The van der Waals surface area contributed by atoms with Crippen molar-refractivity contribution in [2.24, 2.45) is 0 Å². The Morgan fingerprint density at radius 3 is 2.52 bits per heavy atom. The number of hydrogen-bond donors (Lipinski definition) is 1. The Morgan fingerprint density at radius 1 is 1.29 bits per heavy atom. The molecule has 0 aromatic carbocycles. The van der Waals surface area contributed by atoms with Gasteiger partial charge < -0.3 is 9.80 Å². The van der Waals surface area contributed by atoms with E-state index in [-0.39, 0.29) is 9.23 Å². The normalized spacial score (nSPS) is 18.2. The molecule has 1 aromatic heterocycles. The predicted octanol–water partition coefficient (Wildman–Crippen LogP) is 1.97. The zero-order chi connectivity index (χ0) is 15.5. The molecule has 0 atom stereocenters. The van der Waals surface area contributed by atoms with Crippen LogP contribution < -0.4 is 4.72 Å². The van der Waals surface area contributed by atoms with Crippen molar-refractivity contribution in [3.8, 4) is 0 Å². The van der Waals surface area contributed by atoms with Gasteiger partial charge in [0.05, 0.1) is 5.02 Å². The Morgan fingerprint density at radius 2 is 1.95 bits per heavy atom. The molecule has 0 amide bonds. The highest BCUT2D eigenvalue weighted by molar-refractivity contribution is 7.91. The molecule has 1 N–H and O–H groups in total. The number of nitrogens with one attached hydrogen (secondary N) is 1. The average Bonchev–Trinajstić information content (AvgIpc) is 2.78. The minimum atomic E-state index is -3.50. The standard InChI is InChI=1S/C12H19Cl2N3O2S2/c1-16-5-7-17(8-6-16)4-2-3-15-21(18,19)11-9-10(13)12(14)20-11/h9,15H,2-8H2,1H3. The molecule has 0 radical (unpaired) electrons. The van der Waals surface area contributed by atoms with E-state index in [0.29, 0.717) is 10.9 Å². The molecule has 1 saturated heterocycles. The molecule has 2 rings (SSSR count). The Hall–Kier alpha value is 0.110. The lowest BCUT2D eigenvalue weighted by atomic mass is 10.3. The third-order valence-corrected chi connectivity index (χ3v) is 7.23. The molecule has 1 fully saturated rings. The zero-order valence-electron chi connectivity index (χ0n) is 11.8. The van der Waals surface area contributed by atoms with Crippen LogP contribution in [0.15, 0.2) is 10.3 Å². The van der Waals surface area contributed by atoms with Crippen LogP contribution in [0.3, 0.4) is 0 Å². The summed E-state index contributed by atoms with van der Waals surface area (Å²) in [4.78, 5) is 4.65. The highest BCUT2D eigenvalue weighted by Crippen LogP contribution is 2.34. The lowest BCUT2D eigenvalue weighted by Crippen LogP contribution is -2.45. The molecule has 1 aliphatic heterocycles. The van der Waals surface area contributed by atoms with Crippen LogP contribution in [0.5, 0.6) is 0 Å². The molecular formula is C12H19Cl2N3O2S2. The maximum atomic E-state index is 12.1. The second-order valence-electron chi connectivity index (χ2n) is 5.08. The predicted molar refractivity (Wildman–Crippen MR) is 88.1 cm³/mol. The summed E-state index contributed by atoms with van der Waals surface area (Å²) in [6.45, 7) is 5.54. The van der Waals surface area contributed by atoms with Crippen LogP contribution in [0, 0.1) is 0 Å². The molecule has 1 aromatic rings. The van der Waals surface area contributed by atoms with Crippen molar-refractivity contribution in [1.29, 1.82) is 0 Å². The average molecular weight is 372 g/mol. The van der Waals surface area contributed by atoms with Gasteiger partial charge in [0, 0.05) is 32.7 Å². The molecule has 0 unspecified atom stereocenters. The second kappa shape index (κ2) is 7.59. The van der Waals surface area contributed by atoms with E-state index in [9.17, 15) is 8.42 Å². The summed E-state index contributed by atoms with van der Waals surface area (Å²) in [5.74, 6) is 0. The summed E-state index contributed by atoms with van der Waals surface area (Å²) in [7, 11) is -1.39. The van der Waals surface area contributed by atoms with Gasteiger partial charge in [0.2, 0.25) is 10.0 Å². The van der Waals surface area contributed by atoms with Crippen LogP contribution in [0.2, 0.25) is 9.36 Å². The van der Waals surface area contributed by atoms with Gasteiger partial charge in [0.15, 0.2) is 0 Å². The molecule has 0 spiro atoms. The first kappa shape index (κ1) is 17.5. The van der Waals surface area contributed by atoms with Gasteiger partial charge in [-0.2, -0.15) is 0 Å². The molecule has 0 aliphatic carbocycles. The molecule has 0 saturated carbocycles. The summed E-state index contributed by atoms with van der Waals surface area (Å²) in [6, 6.07) is 1.39. The van der Waals surface area contributed by atoms with E-state index in [2.05, 4.69) is 21.6 Å². The van der Waals surface area contributed by atoms with Crippen molar-refractivity contribution in [3.63, 3.8) is 0 Å². The number of hydrogen-bond acceptors (Lipinski definition) is 5. The van der Waals surface area contributed by atoms with Gasteiger partial charge in [-0.15, -0.1) is 11.3 Å². The fraction of sp³-hybridized carbons (Fsp3) is 0.667. The van der Waals surface area contributed by atoms with Gasteiger partial charge >= 0.3 is 0 Å². The third-order valence-electron chi connectivity index (χ3n) is 3.43. The van der Waals surface area contributed by atoms with Crippen LogP contribution >= 0.6 is 34.5 Å². The fourth-order valence-corrected chi connectivity index (χ4v) is 5.11. The topological polar surface area (TPSA) is 52.6 Å². The van der Waals surface area contributed by atoms with Crippen molar-refractivity contribution in [1.82, 2.24) is 14.5 Å². The summed E-state index contributed by atoms with van der Waals surface area (Å²) in [5.41, 5.74) is 0. The van der Waals surface area contributed by atoms with Crippen LogP contribution in [-0.4, -0.2) is 64.5 Å². The van der Waals surface area contributed by atoms with Crippen LogP contribution in [0.4, 0.5) is 0 Å². The molecule has 21 heavy (non-hydrogen) atoms. The summed E-state index contributed by atoms with van der Waals surface area (Å²) in [6.07, 6.45) is 0.787. The van der Waals surface area contributed by atoms with Crippen molar-refractivity contribution in [3.05, 3.63) is 15.4 Å². The first-order chi connectivity index (χ1) is 9.88. The lowest BCUT2D eigenvalue weighted by Gasteiger charge is -2.32. The van der Waals surface area contributed by atoms with Crippen LogP contribution in [-0.2, 0) is 10.0 Å². The van der Waals surface area contributed by atoms with Crippen molar-refractivity contribution >= 4 is 44.6 Å². The number of sulfonamides is 1. The summed E-state index contributed by atoms with van der Waals surface area (Å²) in [5, 5.41) is 0.277. The minimum absolute atomic E-state index is 0.164. The van der Waals surface area contributed by atoms with Crippen molar-refractivity contribution in [2.75, 3.05) is 46.3 Å². The zero-order valence-corrected chi connectivity index (χ0v) is 15.0. The van der Waals surface area contributed by atoms with Gasteiger partial charge in [-0.05, 0) is 26.1 Å². The maximum absolute atomic E-state index is 12.1. The Bertz CT molecular complexity index is 550. The highest BCUT2D eigenvalue weighted by Gasteiger charge is 2.19. The molecule has 2 heterocycles. The minimum Gasteiger partial charge on any atom is -0.304 e. The number of rotatable bonds is 6. The molecular weight excluding hydrogens is 353 g/mol. The number of thiophene rings is 1. The summed E-state index contributed by atoms with van der Waals surface area (Å²) >= 11 is 12.6. The number of piperazine rings is 1. The lowest BCUT2D eigenvalue weighted by molar-refractivity contribution is 0.153. The fourth-order valence-electron chi connectivity index (χ4n) is 2.11. The van der Waals surface area contributed by atoms with Gasteiger partial charge in [-0.3, -0.25) is 0 Å². The largest absolute Gasteiger partial charge is 0.304 e. The SMILES string of the molecule is CN1CCN(CCCNS(=O)(=O)c2cc(Cl)c(Cl)s2)CC1. The van der Waals surface area contributed by atoms with E-state index < -0.39 is 10.0 Å². The smallest absolute Gasteiger partial charge is 0.250 e. The van der Waals surface area contributed by atoms with Gasteiger partial charge in [0.25, 0.3) is 0 Å². The van der Waals surface area contributed by atoms with Crippen LogP contribution in [0.1, 0.15) is 6.42 Å². The molecule has 9 heteroatoms. The summed E-state index contributed by atoms with van der Waals surface area (Å²) < 4.78 is 27.2. The first-order valence-electron chi connectivity index (χ1n) is 6.74. The molecule has 1 aliphatic rings. The van der Waals surface area contributed by atoms with Gasteiger partial charge in [-0.25, -0.2) is 13.1 Å². The number of nitrogens with zero attached hydrogens (tertiary/aromatic N) is 2. The van der Waals surface area contributed by atoms with Crippen LogP contribution in [0.25, 0.3) is 0 Å². The maximum Gasteiger partial charge on any atom is 0.250 e. The Kier molecular flexibility index (Phi) is 6.31. The van der Waals surface area contributed by atoms with E-state index in [1.165, 1.54) is 6.07 Å².